The molecule has 2 N–H and O–H groups in total. The van der Waals surface area contributed by atoms with Gasteiger partial charge in [-0.25, -0.2) is 14.6 Å². The number of fused-ring (bicyclic) bond motifs is 1. The quantitative estimate of drug-likeness (QED) is 0.173. The van der Waals surface area contributed by atoms with E-state index in [2.05, 4.69) is 15.8 Å². The Kier molecular flexibility index (Phi) is 9.27. The Labute approximate surface area is 229 Å². The third-order valence-corrected chi connectivity index (χ3v) is 7.19. The molecule has 0 fully saturated rings. The predicted octanol–water partition coefficient (Wildman–Crippen LogP) is 4.62. The van der Waals surface area contributed by atoms with E-state index in [9.17, 15) is 18.8 Å². The third kappa shape index (κ3) is 6.80. The molecule has 11 heteroatoms. The number of nitrogens with one attached hydrogen (secondary N) is 2. The van der Waals surface area contributed by atoms with E-state index in [0.717, 1.165) is 36.1 Å². The summed E-state index contributed by atoms with van der Waals surface area (Å²) < 4.78 is 30.2. The molecule has 0 spiro atoms. The van der Waals surface area contributed by atoms with Gasteiger partial charge in [-0.3, -0.25) is 9.59 Å². The van der Waals surface area contributed by atoms with Crippen LogP contribution in [0.1, 0.15) is 51.7 Å². The molecule has 39 heavy (non-hydrogen) atoms. The highest BCUT2D eigenvalue weighted by atomic mass is 32.1. The fourth-order valence-corrected chi connectivity index (χ4v) is 5.38. The Bertz CT molecular complexity index is 1400. The maximum absolute atomic E-state index is 13.9. The maximum atomic E-state index is 13.9. The van der Waals surface area contributed by atoms with Gasteiger partial charge >= 0.3 is 17.8 Å². The molecule has 3 aromatic rings. The van der Waals surface area contributed by atoms with Crippen LogP contribution >= 0.6 is 11.3 Å². The number of nitrogens with zero attached hydrogens (tertiary/aromatic N) is 1. The Hall–Kier alpha value is -4.25. The van der Waals surface area contributed by atoms with Crippen LogP contribution in [0.15, 0.2) is 47.6 Å². The minimum atomic E-state index is -0.997. The lowest BCUT2D eigenvalue weighted by Gasteiger charge is -2.13. The van der Waals surface area contributed by atoms with Crippen LogP contribution in [-0.4, -0.2) is 37.7 Å². The summed E-state index contributed by atoms with van der Waals surface area (Å²) in [5, 5.41) is 6.68. The second kappa shape index (κ2) is 13.0. The summed E-state index contributed by atoms with van der Waals surface area (Å²) in [6.45, 7) is 2.21. The lowest BCUT2D eigenvalue weighted by molar-refractivity contribution is -0.136. The number of amides is 2. The van der Waals surface area contributed by atoms with Crippen molar-refractivity contribution >= 4 is 40.3 Å². The largest absolute Gasteiger partial charge is 0.490 e. The number of hydrogen-bond donors (Lipinski definition) is 2. The molecule has 0 bridgehead atoms. The number of methoxy groups -OCH3 is 1. The zero-order chi connectivity index (χ0) is 27.8. The summed E-state index contributed by atoms with van der Waals surface area (Å²) in [5.74, 6) is -2.03. The standard InChI is InChI=1S/C28H28FN3O6S/c1-3-37-22-14-17(12-13-21(22)38-16-18-8-4-6-10-20(18)29)15-30-32-26(34)25(33)31-27-24(28(35)36-2)19-9-5-7-11-23(19)39-27/h4,6,8,10,12-15H,3,5,7,9,11,16H2,1-2H3,(H,31,33)(H,32,34)/b30-15+. The molecule has 1 aliphatic rings. The van der Waals surface area contributed by atoms with Crippen molar-refractivity contribution in [1.29, 1.82) is 0 Å². The van der Waals surface area contributed by atoms with E-state index in [1.165, 1.54) is 30.7 Å². The number of esters is 1. The molecule has 0 unspecified atom stereocenters. The molecule has 1 aromatic heterocycles. The van der Waals surface area contributed by atoms with E-state index in [0.29, 0.717) is 39.8 Å². The number of ether oxygens (including phenoxy) is 3. The van der Waals surface area contributed by atoms with Crippen LogP contribution in [0.3, 0.4) is 0 Å². The van der Waals surface area contributed by atoms with E-state index in [1.807, 2.05) is 6.92 Å². The first-order chi connectivity index (χ1) is 18.9. The molecule has 1 heterocycles. The van der Waals surface area contributed by atoms with Crippen LogP contribution < -0.4 is 20.2 Å². The van der Waals surface area contributed by atoms with Crippen LogP contribution in [0.25, 0.3) is 0 Å². The number of thiophene rings is 1. The predicted molar refractivity (Wildman–Crippen MR) is 145 cm³/mol. The lowest BCUT2D eigenvalue weighted by Crippen LogP contribution is -2.32. The van der Waals surface area contributed by atoms with Gasteiger partial charge in [-0.2, -0.15) is 5.10 Å². The van der Waals surface area contributed by atoms with Crippen LogP contribution in [0.4, 0.5) is 9.39 Å². The Morgan fingerprint density at radius 2 is 1.85 bits per heavy atom. The summed E-state index contributed by atoms with van der Waals surface area (Å²) in [6, 6.07) is 11.3. The highest BCUT2D eigenvalue weighted by Crippen LogP contribution is 2.38. The SMILES string of the molecule is CCOc1cc(/C=N/NC(=O)C(=O)Nc2sc3c(c2C(=O)OC)CCCC3)ccc1OCc1ccccc1F. The number of carbonyl (C=O) groups excluding carboxylic acids is 3. The molecule has 2 aromatic carbocycles. The molecule has 204 valence electrons. The number of benzene rings is 2. The monoisotopic (exact) mass is 553 g/mol. The summed E-state index contributed by atoms with van der Waals surface area (Å²) in [7, 11) is 1.28. The van der Waals surface area contributed by atoms with Crippen molar-refractivity contribution in [1.82, 2.24) is 5.43 Å². The molecule has 4 rings (SSSR count). The Balaban J connectivity index is 1.39. The van der Waals surface area contributed by atoms with E-state index in [1.54, 1.807) is 36.4 Å². The minimum Gasteiger partial charge on any atom is -0.490 e. The molecule has 2 amide bonds. The topological polar surface area (TPSA) is 115 Å². The van der Waals surface area contributed by atoms with Gasteiger partial charge in [-0.1, -0.05) is 18.2 Å². The summed E-state index contributed by atoms with van der Waals surface area (Å²) in [4.78, 5) is 38.3. The van der Waals surface area contributed by atoms with Gasteiger partial charge in [-0.05, 0) is 68.0 Å². The molecule has 0 saturated heterocycles. The lowest BCUT2D eigenvalue weighted by atomic mass is 9.95. The van der Waals surface area contributed by atoms with Crippen LogP contribution in [-0.2, 0) is 33.8 Å². The molecule has 0 radical (unpaired) electrons. The zero-order valence-electron chi connectivity index (χ0n) is 21.5. The van der Waals surface area contributed by atoms with Crippen LogP contribution in [0.5, 0.6) is 11.5 Å². The number of halogens is 1. The fraction of sp³-hybridized carbons (Fsp3) is 0.286. The highest BCUT2D eigenvalue weighted by Gasteiger charge is 2.28. The van der Waals surface area contributed by atoms with Gasteiger partial charge in [0.25, 0.3) is 0 Å². The van der Waals surface area contributed by atoms with Crippen molar-refractivity contribution < 1.29 is 33.0 Å². The van der Waals surface area contributed by atoms with E-state index >= 15 is 0 Å². The second-order valence-electron chi connectivity index (χ2n) is 8.58. The summed E-state index contributed by atoms with van der Waals surface area (Å²) in [6.07, 6.45) is 4.82. The molecule has 0 saturated carbocycles. The van der Waals surface area contributed by atoms with Crippen molar-refractivity contribution in [2.75, 3.05) is 19.0 Å². The molecule has 1 aliphatic carbocycles. The van der Waals surface area contributed by atoms with Crippen molar-refractivity contribution in [3.8, 4) is 11.5 Å². The second-order valence-corrected chi connectivity index (χ2v) is 9.68. The Morgan fingerprint density at radius 1 is 1.05 bits per heavy atom. The van der Waals surface area contributed by atoms with Crippen molar-refractivity contribution in [3.63, 3.8) is 0 Å². The van der Waals surface area contributed by atoms with Gasteiger partial charge in [0.1, 0.15) is 17.4 Å². The van der Waals surface area contributed by atoms with Gasteiger partial charge < -0.3 is 19.5 Å². The number of rotatable bonds is 9. The smallest absolute Gasteiger partial charge is 0.341 e. The van der Waals surface area contributed by atoms with E-state index in [4.69, 9.17) is 14.2 Å². The number of hydrogen-bond acceptors (Lipinski definition) is 8. The van der Waals surface area contributed by atoms with Gasteiger partial charge in [0.15, 0.2) is 11.5 Å². The summed E-state index contributed by atoms with van der Waals surface area (Å²) >= 11 is 1.29. The average molecular weight is 554 g/mol. The minimum absolute atomic E-state index is 0.0241. The number of anilines is 1. The van der Waals surface area contributed by atoms with Crippen molar-refractivity contribution in [3.05, 3.63) is 75.4 Å². The van der Waals surface area contributed by atoms with Gasteiger partial charge in [-0.15, -0.1) is 11.3 Å². The Morgan fingerprint density at radius 3 is 2.62 bits per heavy atom. The first-order valence-electron chi connectivity index (χ1n) is 12.4. The first kappa shape index (κ1) is 27.8. The first-order valence-corrected chi connectivity index (χ1v) is 13.2. The summed E-state index contributed by atoms with van der Waals surface area (Å²) in [5.41, 5.74) is 4.35. The number of hydrazone groups is 1. The van der Waals surface area contributed by atoms with Crippen molar-refractivity contribution in [2.45, 2.75) is 39.2 Å². The number of carbonyl (C=O) groups is 3. The van der Waals surface area contributed by atoms with Crippen LogP contribution in [0.2, 0.25) is 0 Å². The van der Waals surface area contributed by atoms with E-state index in [-0.39, 0.29) is 12.4 Å². The van der Waals surface area contributed by atoms with Crippen molar-refractivity contribution in [2.24, 2.45) is 5.10 Å². The van der Waals surface area contributed by atoms with Gasteiger partial charge in [0.05, 0.1) is 25.5 Å². The maximum Gasteiger partial charge on any atom is 0.341 e. The molecule has 0 atom stereocenters. The van der Waals surface area contributed by atoms with Gasteiger partial charge in [0.2, 0.25) is 0 Å². The molecule has 0 aliphatic heterocycles. The number of aryl methyl sites for hydroxylation is 1. The molecule has 9 nitrogen and oxygen atoms in total. The fourth-order valence-electron chi connectivity index (χ4n) is 4.11. The average Bonchev–Trinajstić information content (AvgIpc) is 3.30. The van der Waals surface area contributed by atoms with Crippen LogP contribution in [0, 0.1) is 5.82 Å². The molecular weight excluding hydrogens is 525 g/mol. The zero-order valence-corrected chi connectivity index (χ0v) is 22.4. The third-order valence-electron chi connectivity index (χ3n) is 5.98. The molecular formula is C28H28FN3O6S. The van der Waals surface area contributed by atoms with Gasteiger partial charge in [0, 0.05) is 10.4 Å². The highest BCUT2D eigenvalue weighted by molar-refractivity contribution is 7.17. The van der Waals surface area contributed by atoms with E-state index < -0.39 is 17.8 Å². The normalized spacial score (nSPS) is 12.5.